The fraction of sp³-hybridized carbons (Fsp3) is 0.377. The third kappa shape index (κ3) is 12.3. The first-order valence-corrected chi connectivity index (χ1v) is 21.4. The van der Waals surface area contributed by atoms with Crippen LogP contribution in [0.2, 0.25) is 0 Å². The van der Waals surface area contributed by atoms with Crippen molar-refractivity contribution in [2.45, 2.75) is 120 Å². The molecule has 0 aliphatic heterocycles. The van der Waals surface area contributed by atoms with E-state index in [4.69, 9.17) is 0 Å². The fourth-order valence-corrected chi connectivity index (χ4v) is 7.78. The van der Waals surface area contributed by atoms with Crippen LogP contribution in [0.4, 0.5) is 0 Å². The summed E-state index contributed by atoms with van der Waals surface area (Å²) >= 11 is 1.30. The van der Waals surface area contributed by atoms with Gasteiger partial charge in [-0.1, -0.05) is 130 Å². The van der Waals surface area contributed by atoms with Gasteiger partial charge in [0.25, 0.3) is 0 Å². The van der Waals surface area contributed by atoms with E-state index in [0.717, 1.165) is 6.42 Å². The molecule has 0 N–H and O–H groups in total. The van der Waals surface area contributed by atoms with Gasteiger partial charge in [-0.3, -0.25) is 12.2 Å². The summed E-state index contributed by atoms with van der Waals surface area (Å²) in [4.78, 5) is 0. The number of benzene rings is 4. The summed E-state index contributed by atoms with van der Waals surface area (Å²) in [5, 5.41) is 0. The standard InChI is InChI=1S/C25H25.C13H21.2C7H7.CH2.2ClH.Zr/c1-14-12-24(3,4)22-8-16-7-17-9-23-19(15(2)13-25(23,5)6)11-21(17)20(16)10-18(14)22;1-5-6-7-11-8-9-12(10-11)13(2,3)4;2*1-7-5-3-2-4-6-7;;;;/h8-12H,7H2,1-6H3;9-11H,5-7H2,1-4H3;2*3-6H,1H3;1H2;2*1H;/q4*-1;;;;. The van der Waals surface area contributed by atoms with Crippen LogP contribution in [-0.2, 0) is 41.5 Å². The SMILES string of the molecule is CC1=[C-]C(C)(C)c2cc3c(cc21)-c1cc2c(cc1C3)C(C)(C)C=C2C.CCCCC1[C-]=CC(C(C)(C)C)=C1.Cc1cc[c-]cc1.Cc1cc[c-]cc1.Cl.Cl.[CH2]=[Zr]. The number of rotatable bonds is 3. The topological polar surface area (TPSA) is 0 Å². The number of aryl methyl sites for hydroxylation is 2. The van der Waals surface area contributed by atoms with Gasteiger partial charge in [-0.05, 0) is 58.4 Å². The van der Waals surface area contributed by atoms with E-state index in [1.165, 1.54) is 116 Å². The summed E-state index contributed by atoms with van der Waals surface area (Å²) < 4.78 is 3.34. The van der Waals surface area contributed by atoms with E-state index in [1.54, 1.807) is 0 Å². The summed E-state index contributed by atoms with van der Waals surface area (Å²) in [6.45, 7) is 26.8. The molecule has 298 valence electrons. The maximum absolute atomic E-state index is 3.65. The molecular weight excluding hydrogens is 799 g/mol. The number of fused-ring (bicyclic) bond motifs is 5. The van der Waals surface area contributed by atoms with Crippen molar-refractivity contribution in [3.63, 3.8) is 0 Å². The molecule has 0 heterocycles. The number of unbranched alkanes of at least 4 members (excludes halogenated alkanes) is 1. The van der Waals surface area contributed by atoms with Crippen LogP contribution in [0, 0.1) is 49.5 Å². The van der Waals surface area contributed by atoms with E-state index < -0.39 is 0 Å². The molecule has 4 aromatic carbocycles. The Morgan fingerprint density at radius 1 is 0.732 bits per heavy atom. The van der Waals surface area contributed by atoms with E-state index in [1.807, 2.05) is 48.5 Å². The Morgan fingerprint density at radius 2 is 1.23 bits per heavy atom. The van der Waals surface area contributed by atoms with Crippen molar-refractivity contribution in [2.75, 3.05) is 0 Å². The van der Waals surface area contributed by atoms with Gasteiger partial charge in [-0.25, -0.2) is 11.6 Å². The molecule has 56 heavy (non-hydrogen) atoms. The average Bonchev–Trinajstić information content (AvgIpc) is 3.86. The molecule has 0 radical (unpaired) electrons. The molecule has 1 atom stereocenters. The molecule has 0 nitrogen and oxygen atoms in total. The quantitative estimate of drug-likeness (QED) is 0.159. The van der Waals surface area contributed by atoms with Crippen LogP contribution >= 0.6 is 24.8 Å². The first kappa shape index (κ1) is 49.3. The van der Waals surface area contributed by atoms with Gasteiger partial charge in [0.1, 0.15) is 0 Å². The number of halogens is 2. The molecule has 0 spiro atoms. The van der Waals surface area contributed by atoms with Gasteiger partial charge in [-0.2, -0.15) is 89.0 Å². The minimum absolute atomic E-state index is 0. The van der Waals surface area contributed by atoms with E-state index >= 15 is 0 Å². The van der Waals surface area contributed by atoms with Gasteiger partial charge in [-0.15, -0.1) is 36.4 Å². The Balaban J connectivity index is 0.000000293. The van der Waals surface area contributed by atoms with Gasteiger partial charge in [0.05, 0.1) is 0 Å². The van der Waals surface area contributed by atoms with Crippen LogP contribution in [0.1, 0.15) is 133 Å². The van der Waals surface area contributed by atoms with Gasteiger partial charge in [0.2, 0.25) is 0 Å². The van der Waals surface area contributed by atoms with E-state index in [-0.39, 0.29) is 35.6 Å². The molecule has 4 aliphatic carbocycles. The Bertz CT molecular complexity index is 1900. The monoisotopic (exact) mass is 860 g/mol. The molecule has 0 bridgehead atoms. The van der Waals surface area contributed by atoms with Crippen LogP contribution in [0.25, 0.3) is 22.3 Å². The zero-order chi connectivity index (χ0) is 39.8. The first-order chi connectivity index (χ1) is 25.5. The number of allylic oxidation sites excluding steroid dienone is 8. The summed E-state index contributed by atoms with van der Waals surface area (Å²) in [6.07, 6.45) is 19.0. The second kappa shape index (κ2) is 21.3. The normalized spacial score (nSPS) is 16.6. The second-order valence-corrected chi connectivity index (χ2v) is 17.3. The van der Waals surface area contributed by atoms with Gasteiger partial charge in [0, 0.05) is 5.41 Å². The summed E-state index contributed by atoms with van der Waals surface area (Å²) in [5.74, 6) is 0.592. The molecule has 0 saturated heterocycles. The summed E-state index contributed by atoms with van der Waals surface area (Å²) in [5.41, 5.74) is 18.9. The third-order valence-electron chi connectivity index (χ3n) is 10.8. The Labute approximate surface area is 369 Å². The Kier molecular flexibility index (Phi) is 18.7. The molecule has 0 amide bonds. The summed E-state index contributed by atoms with van der Waals surface area (Å²) in [7, 11) is 0. The molecule has 3 heteroatoms. The van der Waals surface area contributed by atoms with Gasteiger partial charge in [0.15, 0.2) is 0 Å². The van der Waals surface area contributed by atoms with E-state index in [9.17, 15) is 0 Å². The molecule has 4 aromatic rings. The molecular formula is C53H64Cl2Zr-4. The van der Waals surface area contributed by atoms with Crippen LogP contribution in [0.3, 0.4) is 0 Å². The van der Waals surface area contributed by atoms with Crippen LogP contribution < -0.4 is 0 Å². The van der Waals surface area contributed by atoms with Crippen molar-refractivity contribution >= 4 is 40.2 Å². The predicted molar refractivity (Wildman–Crippen MR) is 247 cm³/mol. The van der Waals surface area contributed by atoms with Gasteiger partial charge < -0.3 is 0 Å². The zero-order valence-corrected chi connectivity index (χ0v) is 40.2. The molecule has 1 unspecified atom stereocenters. The number of hydrogen-bond donors (Lipinski definition) is 0. The van der Waals surface area contributed by atoms with Crippen molar-refractivity contribution < 1.29 is 24.2 Å². The maximum atomic E-state index is 3.65. The molecule has 8 rings (SSSR count). The van der Waals surface area contributed by atoms with Gasteiger partial charge >= 0.3 is 28.4 Å². The predicted octanol–water partition coefficient (Wildman–Crippen LogP) is 15.0. The van der Waals surface area contributed by atoms with Crippen molar-refractivity contribution in [3.05, 3.63) is 165 Å². The van der Waals surface area contributed by atoms with Crippen molar-refractivity contribution in [1.29, 1.82) is 0 Å². The second-order valence-electron chi connectivity index (χ2n) is 17.3. The van der Waals surface area contributed by atoms with Crippen LogP contribution in [-0.4, -0.2) is 4.21 Å². The van der Waals surface area contributed by atoms with Crippen LogP contribution in [0.15, 0.2) is 96.6 Å². The molecule has 0 aromatic heterocycles. The summed E-state index contributed by atoms with van der Waals surface area (Å²) in [6, 6.07) is 31.4. The molecule has 0 fully saturated rings. The molecule has 0 saturated carbocycles. The minimum atomic E-state index is 0. The van der Waals surface area contributed by atoms with Crippen LogP contribution in [0.5, 0.6) is 0 Å². The molecule has 4 aliphatic rings. The number of hydrogen-bond acceptors (Lipinski definition) is 0. The third-order valence-corrected chi connectivity index (χ3v) is 10.8. The van der Waals surface area contributed by atoms with Crippen molar-refractivity contribution in [2.24, 2.45) is 11.3 Å². The van der Waals surface area contributed by atoms with Crippen molar-refractivity contribution in [3.8, 4) is 11.1 Å². The first-order valence-electron chi connectivity index (χ1n) is 19.7. The average molecular weight is 863 g/mol. The Hall–Kier alpha value is -2.83. The van der Waals surface area contributed by atoms with Crippen molar-refractivity contribution in [1.82, 2.24) is 0 Å². The van der Waals surface area contributed by atoms with E-state index in [2.05, 4.69) is 154 Å². The fourth-order valence-electron chi connectivity index (χ4n) is 7.78. The zero-order valence-electron chi connectivity index (χ0n) is 36.1. The Morgan fingerprint density at radius 3 is 1.68 bits per heavy atom. The van der Waals surface area contributed by atoms with E-state index in [0.29, 0.717) is 11.3 Å².